The topological polar surface area (TPSA) is 40.6 Å². The second-order valence-corrected chi connectivity index (χ2v) is 10.5. The van der Waals surface area contributed by atoms with Gasteiger partial charge in [0.2, 0.25) is 17.5 Å². The second-order valence-electron chi connectivity index (χ2n) is 10.5. The van der Waals surface area contributed by atoms with Crippen molar-refractivity contribution in [2.24, 2.45) is 0 Å². The zero-order valence-electron chi connectivity index (χ0n) is 23.2. The molecule has 0 radical (unpaired) electrons. The van der Waals surface area contributed by atoms with Crippen LogP contribution in [0.15, 0.2) is 42.5 Å². The number of carbonyl (C=O) groups excluding carboxylic acids is 2. The van der Waals surface area contributed by atoms with Crippen molar-refractivity contribution >= 4 is 11.8 Å². The van der Waals surface area contributed by atoms with Crippen molar-refractivity contribution in [3.05, 3.63) is 70.5 Å². The van der Waals surface area contributed by atoms with Gasteiger partial charge in [0.25, 0.3) is 0 Å². The molecule has 2 aliphatic heterocycles. The number of amides is 2. The van der Waals surface area contributed by atoms with E-state index < -0.39 is 59.5 Å². The fourth-order valence-electron chi connectivity index (χ4n) is 6.36. The molecule has 198 valence electrons. The highest BCUT2D eigenvalue weighted by Gasteiger charge is 2.56. The van der Waals surface area contributed by atoms with Crippen molar-refractivity contribution in [3.63, 3.8) is 0 Å². The van der Waals surface area contributed by atoms with Crippen LogP contribution in [0.1, 0.15) is 59.0 Å². The number of fused-ring (bicyclic) bond motifs is 3. The predicted octanol–water partition coefficient (Wildman–Crippen LogP) is 5.22. The molecule has 37 heavy (non-hydrogen) atoms. The molecule has 1 unspecified atom stereocenters. The summed E-state index contributed by atoms with van der Waals surface area (Å²) in [5.74, 6) is -1.52. The van der Waals surface area contributed by atoms with Crippen LogP contribution in [0.25, 0.3) is 0 Å². The smallest absolute Gasteiger partial charge is 0.337 e. The molecule has 3 aliphatic rings. The van der Waals surface area contributed by atoms with Crippen LogP contribution in [0.3, 0.4) is 0 Å². The third kappa shape index (κ3) is 4.10. The Morgan fingerprint density at radius 1 is 1.11 bits per heavy atom. The Labute approximate surface area is 216 Å². The fraction of sp³-hybridized carbons (Fsp3) is 0.500. The van der Waals surface area contributed by atoms with Gasteiger partial charge >= 0.3 is 6.18 Å². The third-order valence-electron chi connectivity index (χ3n) is 8.43. The van der Waals surface area contributed by atoms with Crippen LogP contribution in [-0.2, 0) is 33.5 Å². The van der Waals surface area contributed by atoms with E-state index in [9.17, 15) is 31.5 Å². The minimum absolute atomic E-state index is 0.0547. The molecule has 2 aromatic carbocycles. The highest BCUT2D eigenvalue weighted by Crippen LogP contribution is 2.51. The quantitative estimate of drug-likeness (QED) is 0.516. The van der Waals surface area contributed by atoms with Gasteiger partial charge in [0.15, 0.2) is 0 Å². The lowest BCUT2D eigenvalue weighted by Crippen LogP contribution is -2.53. The number of benzene rings is 2. The van der Waals surface area contributed by atoms with Crippen molar-refractivity contribution in [1.29, 1.82) is 0 Å². The molecule has 2 fully saturated rings. The molecule has 2 aromatic rings. The van der Waals surface area contributed by atoms with Gasteiger partial charge in [-0.05, 0) is 73.4 Å². The molecular formula is C28H29F5N2O2. The number of nitrogens with zero attached hydrogens (tertiary/aromatic N) is 2. The van der Waals surface area contributed by atoms with Gasteiger partial charge in [-0.1, -0.05) is 30.3 Å². The molecule has 4 atom stereocenters. The van der Waals surface area contributed by atoms with E-state index in [1.807, 2.05) is 0 Å². The zero-order chi connectivity index (χ0) is 29.3. The Hall–Kier alpha value is -2.97. The fourth-order valence-corrected chi connectivity index (χ4v) is 6.36. The molecule has 0 saturated carbocycles. The minimum atomic E-state index is -5.10. The lowest BCUT2D eigenvalue weighted by atomic mass is 9.63. The van der Waals surface area contributed by atoms with E-state index in [1.165, 1.54) is 24.3 Å². The molecule has 0 spiro atoms. The molecule has 5 rings (SSSR count). The lowest BCUT2D eigenvalue weighted by Gasteiger charge is -2.44. The molecule has 0 bridgehead atoms. The SMILES string of the molecule is [2H]C([2H])([2H])N1C(=O)CC[C@H]1C(=O)N1CC[C@@]2(Cc3ccc(F)cc3)c3ccc(C(C)(F)C(F)(F)F)cc3CC[C@@H]12. The summed E-state index contributed by atoms with van der Waals surface area (Å²) in [4.78, 5) is 28.5. The Bertz CT molecular complexity index is 1330. The maximum Gasteiger partial charge on any atom is 0.426 e. The molecule has 2 saturated heterocycles. The van der Waals surface area contributed by atoms with Crippen LogP contribution in [0, 0.1) is 5.82 Å². The van der Waals surface area contributed by atoms with E-state index >= 15 is 0 Å². The summed E-state index contributed by atoms with van der Waals surface area (Å²) >= 11 is 0. The zero-order valence-corrected chi connectivity index (χ0v) is 20.2. The molecule has 2 heterocycles. The van der Waals surface area contributed by atoms with Gasteiger partial charge in [-0.3, -0.25) is 9.59 Å². The lowest BCUT2D eigenvalue weighted by molar-refractivity contribution is -0.228. The van der Waals surface area contributed by atoms with Crippen molar-refractivity contribution in [2.45, 2.75) is 74.8 Å². The Balaban J connectivity index is 1.56. The average Bonchev–Trinajstić information content (AvgIpc) is 3.45. The van der Waals surface area contributed by atoms with Gasteiger partial charge in [-0.2, -0.15) is 13.2 Å². The van der Waals surface area contributed by atoms with E-state index in [1.54, 1.807) is 17.0 Å². The summed E-state index contributed by atoms with van der Waals surface area (Å²) in [6, 6.07) is 8.15. The van der Waals surface area contributed by atoms with E-state index in [0.717, 1.165) is 11.6 Å². The van der Waals surface area contributed by atoms with Crippen LogP contribution in [-0.4, -0.2) is 53.4 Å². The monoisotopic (exact) mass is 523 g/mol. The van der Waals surface area contributed by atoms with Gasteiger partial charge < -0.3 is 9.80 Å². The number of halogens is 5. The summed E-state index contributed by atoms with van der Waals surface area (Å²) in [6.45, 7) is -2.04. The first-order valence-corrected chi connectivity index (χ1v) is 12.3. The Morgan fingerprint density at radius 3 is 2.51 bits per heavy atom. The highest BCUT2D eigenvalue weighted by molar-refractivity contribution is 5.91. The molecule has 1 aliphatic carbocycles. The number of carbonyl (C=O) groups is 2. The molecule has 9 heteroatoms. The summed E-state index contributed by atoms with van der Waals surface area (Å²) in [6.07, 6.45) is -3.69. The number of likely N-dealkylation sites (N-methyl/N-ethyl adjacent to an activating group) is 1. The molecule has 2 amide bonds. The minimum Gasteiger partial charge on any atom is -0.337 e. The number of alkyl halides is 4. The Morgan fingerprint density at radius 2 is 1.84 bits per heavy atom. The van der Waals surface area contributed by atoms with Gasteiger partial charge in [0, 0.05) is 35.5 Å². The normalized spacial score (nSPS) is 28.7. The number of likely N-dealkylation sites (tertiary alicyclic amines) is 2. The molecule has 4 nitrogen and oxygen atoms in total. The van der Waals surface area contributed by atoms with Crippen molar-refractivity contribution in [1.82, 2.24) is 9.80 Å². The summed E-state index contributed by atoms with van der Waals surface area (Å²) in [5, 5.41) is 0. The first kappa shape index (κ1) is 22.1. The number of aryl methyl sites for hydroxylation is 1. The average molecular weight is 524 g/mol. The van der Waals surface area contributed by atoms with E-state index in [2.05, 4.69) is 0 Å². The summed E-state index contributed by atoms with van der Waals surface area (Å²) < 4.78 is 92.3. The van der Waals surface area contributed by atoms with Crippen molar-refractivity contribution < 1.29 is 35.7 Å². The molecule has 0 aromatic heterocycles. The van der Waals surface area contributed by atoms with Crippen LogP contribution in [0.2, 0.25) is 0 Å². The maximum atomic E-state index is 14.9. The Kier molecular flexibility index (Phi) is 5.25. The number of hydrogen-bond acceptors (Lipinski definition) is 2. The largest absolute Gasteiger partial charge is 0.426 e. The summed E-state index contributed by atoms with van der Waals surface area (Å²) in [7, 11) is 0. The summed E-state index contributed by atoms with van der Waals surface area (Å²) in [5.41, 5.74) is -2.83. The molecule has 0 N–H and O–H groups in total. The standard InChI is InChI=1S/C28H29F5N2O2/c1-26(30,28(31,32)33)19-6-9-21-18(15-19)5-11-23-27(21,16-17-3-7-20(29)8-4-17)13-14-35(23)25(37)22-10-12-24(36)34(22)2/h3-4,6-9,15,22-23H,5,10-14,16H2,1-2H3/t22-,23+,26?,27+/m0/s1/i2D3. The first-order chi connectivity index (χ1) is 18.6. The van der Waals surface area contributed by atoms with Gasteiger partial charge in [0.05, 0.1) is 0 Å². The third-order valence-corrected chi connectivity index (χ3v) is 8.43. The van der Waals surface area contributed by atoms with Gasteiger partial charge in [0.1, 0.15) is 11.9 Å². The number of hydrogen-bond donors (Lipinski definition) is 0. The van der Waals surface area contributed by atoms with E-state index in [4.69, 9.17) is 4.11 Å². The van der Waals surface area contributed by atoms with Crippen molar-refractivity contribution in [2.75, 3.05) is 13.5 Å². The van der Waals surface area contributed by atoms with E-state index in [-0.39, 0.29) is 25.8 Å². The van der Waals surface area contributed by atoms with Crippen molar-refractivity contribution in [3.8, 4) is 0 Å². The highest BCUT2D eigenvalue weighted by atomic mass is 19.4. The first-order valence-electron chi connectivity index (χ1n) is 13.8. The van der Waals surface area contributed by atoms with Gasteiger partial charge in [-0.15, -0.1) is 0 Å². The van der Waals surface area contributed by atoms with Crippen LogP contribution < -0.4 is 0 Å². The van der Waals surface area contributed by atoms with E-state index in [0.29, 0.717) is 42.2 Å². The van der Waals surface area contributed by atoms with Crippen LogP contribution >= 0.6 is 0 Å². The van der Waals surface area contributed by atoms with Crippen LogP contribution in [0.4, 0.5) is 22.0 Å². The van der Waals surface area contributed by atoms with Crippen LogP contribution in [0.5, 0.6) is 0 Å². The van der Waals surface area contributed by atoms with Gasteiger partial charge in [-0.25, -0.2) is 8.78 Å². The maximum absolute atomic E-state index is 14.9. The number of rotatable bonds is 4. The second kappa shape index (κ2) is 8.81. The molecular weight excluding hydrogens is 491 g/mol. The predicted molar refractivity (Wildman–Crippen MR) is 127 cm³/mol.